The lowest BCUT2D eigenvalue weighted by atomic mass is 10.3. The number of hydrogen-bond acceptors (Lipinski definition) is 6. The molecule has 0 N–H and O–H groups in total. The van der Waals surface area contributed by atoms with Gasteiger partial charge < -0.3 is 9.80 Å². The van der Waals surface area contributed by atoms with Gasteiger partial charge in [0.2, 0.25) is 5.95 Å². The van der Waals surface area contributed by atoms with Crippen molar-refractivity contribution in [3.8, 4) is 0 Å². The molecule has 0 unspecified atom stereocenters. The van der Waals surface area contributed by atoms with Crippen molar-refractivity contribution < 1.29 is 0 Å². The maximum Gasteiger partial charge on any atom is 0.225 e. The third kappa shape index (κ3) is 4.03. The minimum absolute atomic E-state index is 0.859. The highest BCUT2D eigenvalue weighted by molar-refractivity contribution is 7.07. The first-order valence-electron chi connectivity index (χ1n) is 7.65. The molecule has 0 amide bonds. The summed E-state index contributed by atoms with van der Waals surface area (Å²) >= 11 is 1.75. The van der Waals surface area contributed by atoms with Crippen molar-refractivity contribution >= 4 is 17.3 Å². The lowest BCUT2D eigenvalue weighted by Gasteiger charge is -2.32. The van der Waals surface area contributed by atoms with Crippen LogP contribution >= 0.6 is 11.3 Å². The van der Waals surface area contributed by atoms with Crippen molar-refractivity contribution in [2.75, 3.05) is 45.2 Å². The van der Waals surface area contributed by atoms with Gasteiger partial charge in [0, 0.05) is 57.2 Å². The van der Waals surface area contributed by atoms with Crippen molar-refractivity contribution in [1.82, 2.24) is 19.8 Å². The smallest absolute Gasteiger partial charge is 0.225 e. The summed E-state index contributed by atoms with van der Waals surface area (Å²) in [5.41, 5.74) is 2.53. The number of aromatic nitrogens is 2. The van der Waals surface area contributed by atoms with Gasteiger partial charge >= 0.3 is 0 Å². The van der Waals surface area contributed by atoms with Gasteiger partial charge in [-0.1, -0.05) is 0 Å². The number of nitrogens with zero attached hydrogens (tertiary/aromatic N) is 5. The van der Waals surface area contributed by atoms with Crippen molar-refractivity contribution in [2.45, 2.75) is 13.1 Å². The number of likely N-dealkylation sites (N-methyl/N-ethyl adjacent to an activating group) is 1. The maximum atomic E-state index is 4.55. The molecule has 6 heteroatoms. The fourth-order valence-electron chi connectivity index (χ4n) is 2.66. The minimum atomic E-state index is 0.859. The lowest BCUT2D eigenvalue weighted by Crippen LogP contribution is -2.45. The third-order valence-corrected chi connectivity index (χ3v) is 4.69. The highest BCUT2D eigenvalue weighted by Gasteiger charge is 2.16. The number of hydrogen-bond donors (Lipinski definition) is 0. The molecule has 0 radical (unpaired) electrons. The first-order valence-corrected chi connectivity index (χ1v) is 8.59. The van der Waals surface area contributed by atoms with Gasteiger partial charge in [0.05, 0.1) is 0 Å². The monoisotopic (exact) mass is 317 g/mol. The van der Waals surface area contributed by atoms with Crippen LogP contribution in [0.3, 0.4) is 0 Å². The third-order valence-electron chi connectivity index (χ3n) is 3.96. The van der Waals surface area contributed by atoms with Gasteiger partial charge in [-0.2, -0.15) is 11.3 Å². The van der Waals surface area contributed by atoms with Crippen molar-refractivity contribution in [2.24, 2.45) is 0 Å². The standard InChI is InChI=1S/C16H23N5S/c1-19-4-6-21(7-5-19)16-17-9-15(10-18-16)12-20(2)11-14-3-8-22-13-14/h3,8-10,13H,4-7,11-12H2,1-2H3. The van der Waals surface area contributed by atoms with E-state index in [2.05, 4.69) is 55.6 Å². The van der Waals surface area contributed by atoms with Crippen LogP contribution in [-0.2, 0) is 13.1 Å². The molecule has 22 heavy (non-hydrogen) atoms. The second kappa shape index (κ2) is 7.17. The van der Waals surface area contributed by atoms with Crippen molar-refractivity contribution in [1.29, 1.82) is 0 Å². The second-order valence-electron chi connectivity index (χ2n) is 5.99. The molecule has 0 bridgehead atoms. The molecule has 2 aromatic heterocycles. The zero-order valence-corrected chi connectivity index (χ0v) is 14.1. The highest BCUT2D eigenvalue weighted by Crippen LogP contribution is 2.13. The topological polar surface area (TPSA) is 35.5 Å². The van der Waals surface area contributed by atoms with Crippen LogP contribution in [0.25, 0.3) is 0 Å². The average Bonchev–Trinajstić information content (AvgIpc) is 3.02. The molecular weight excluding hydrogens is 294 g/mol. The van der Waals surface area contributed by atoms with Crippen LogP contribution in [0.1, 0.15) is 11.1 Å². The van der Waals surface area contributed by atoms with Crippen LogP contribution in [0, 0.1) is 0 Å². The van der Waals surface area contributed by atoms with Gasteiger partial charge in [0.15, 0.2) is 0 Å². The SMILES string of the molecule is CN1CCN(c2ncc(CN(C)Cc3ccsc3)cn2)CC1. The molecule has 3 heterocycles. The molecule has 1 aliphatic heterocycles. The Kier molecular flexibility index (Phi) is 5.02. The summed E-state index contributed by atoms with van der Waals surface area (Å²) in [6.07, 6.45) is 3.93. The van der Waals surface area contributed by atoms with Crippen LogP contribution in [0.4, 0.5) is 5.95 Å². The number of thiophene rings is 1. The molecule has 0 spiro atoms. The first kappa shape index (κ1) is 15.4. The molecule has 0 aromatic carbocycles. The Hall–Kier alpha value is -1.50. The van der Waals surface area contributed by atoms with E-state index in [9.17, 15) is 0 Å². The van der Waals surface area contributed by atoms with Gasteiger partial charge in [0.25, 0.3) is 0 Å². The molecule has 1 fully saturated rings. The predicted molar refractivity (Wildman–Crippen MR) is 91.2 cm³/mol. The van der Waals surface area contributed by atoms with E-state index in [-0.39, 0.29) is 0 Å². The van der Waals surface area contributed by atoms with E-state index in [4.69, 9.17) is 0 Å². The largest absolute Gasteiger partial charge is 0.338 e. The predicted octanol–water partition coefficient (Wildman–Crippen LogP) is 1.92. The van der Waals surface area contributed by atoms with Crippen molar-refractivity contribution in [3.05, 3.63) is 40.3 Å². The van der Waals surface area contributed by atoms with Gasteiger partial charge in [-0.25, -0.2) is 9.97 Å². The number of piperazine rings is 1. The van der Waals surface area contributed by atoms with E-state index in [1.165, 1.54) is 5.56 Å². The van der Waals surface area contributed by atoms with Gasteiger partial charge in [0.1, 0.15) is 0 Å². The molecule has 1 aliphatic rings. The summed E-state index contributed by atoms with van der Waals surface area (Å²) in [6, 6.07) is 2.17. The van der Waals surface area contributed by atoms with Gasteiger partial charge in [-0.05, 0) is 36.5 Å². The molecule has 0 saturated carbocycles. The molecular formula is C16H23N5S. The molecule has 1 saturated heterocycles. The summed E-state index contributed by atoms with van der Waals surface area (Å²) < 4.78 is 0. The average molecular weight is 317 g/mol. The molecule has 0 atom stereocenters. The Morgan fingerprint density at radius 1 is 1.09 bits per heavy atom. The quantitative estimate of drug-likeness (QED) is 0.842. The highest BCUT2D eigenvalue weighted by atomic mass is 32.1. The normalized spacial score (nSPS) is 16.4. The summed E-state index contributed by atoms with van der Waals surface area (Å²) in [5, 5.41) is 4.32. The molecule has 118 valence electrons. The summed E-state index contributed by atoms with van der Waals surface area (Å²) in [7, 11) is 4.29. The molecule has 3 rings (SSSR count). The number of anilines is 1. The van der Waals surface area contributed by atoms with E-state index in [1.807, 2.05) is 12.4 Å². The first-order chi connectivity index (χ1) is 10.7. The summed E-state index contributed by atoms with van der Waals surface area (Å²) in [5.74, 6) is 0.859. The maximum absolute atomic E-state index is 4.55. The van der Waals surface area contributed by atoms with Gasteiger partial charge in [-0.15, -0.1) is 0 Å². The Labute approximate surface area is 136 Å². The van der Waals surface area contributed by atoms with E-state index in [0.717, 1.165) is 50.8 Å². The Bertz CT molecular complexity index is 561. The fraction of sp³-hybridized carbons (Fsp3) is 0.500. The minimum Gasteiger partial charge on any atom is -0.338 e. The lowest BCUT2D eigenvalue weighted by molar-refractivity contribution is 0.310. The van der Waals surface area contributed by atoms with Crippen LogP contribution < -0.4 is 4.90 Å². The van der Waals surface area contributed by atoms with E-state index in [0.29, 0.717) is 0 Å². The molecule has 5 nitrogen and oxygen atoms in total. The van der Waals surface area contributed by atoms with E-state index in [1.54, 1.807) is 11.3 Å². The Balaban J connectivity index is 1.55. The van der Waals surface area contributed by atoms with Crippen LogP contribution in [0.15, 0.2) is 29.2 Å². The van der Waals surface area contributed by atoms with Crippen molar-refractivity contribution in [3.63, 3.8) is 0 Å². The fourth-order valence-corrected chi connectivity index (χ4v) is 3.32. The number of rotatable bonds is 5. The van der Waals surface area contributed by atoms with Crippen LogP contribution in [-0.4, -0.2) is 60.0 Å². The summed E-state index contributed by atoms with van der Waals surface area (Å²) in [4.78, 5) is 16.0. The second-order valence-corrected chi connectivity index (χ2v) is 6.77. The Morgan fingerprint density at radius 3 is 2.41 bits per heavy atom. The van der Waals surface area contributed by atoms with E-state index >= 15 is 0 Å². The van der Waals surface area contributed by atoms with Crippen LogP contribution in [0.5, 0.6) is 0 Å². The molecule has 0 aliphatic carbocycles. The zero-order chi connectivity index (χ0) is 15.4. The van der Waals surface area contributed by atoms with E-state index < -0.39 is 0 Å². The van der Waals surface area contributed by atoms with Gasteiger partial charge in [-0.3, -0.25) is 4.90 Å². The Morgan fingerprint density at radius 2 is 1.77 bits per heavy atom. The molecule has 2 aromatic rings. The van der Waals surface area contributed by atoms with Crippen LogP contribution in [0.2, 0.25) is 0 Å². The zero-order valence-electron chi connectivity index (χ0n) is 13.3. The summed E-state index contributed by atoms with van der Waals surface area (Å²) in [6.45, 7) is 6.01.